The van der Waals surface area contributed by atoms with E-state index in [1.165, 1.54) is 0 Å². The van der Waals surface area contributed by atoms with Crippen molar-refractivity contribution in [3.63, 3.8) is 0 Å². The van der Waals surface area contributed by atoms with Crippen LogP contribution in [0.1, 0.15) is 26.5 Å². The summed E-state index contributed by atoms with van der Waals surface area (Å²) in [5, 5.41) is 3.86. The summed E-state index contributed by atoms with van der Waals surface area (Å²) in [6.07, 6.45) is 0. The minimum atomic E-state index is -0.0355. The van der Waals surface area contributed by atoms with Crippen LogP contribution in [0.3, 0.4) is 0 Å². The van der Waals surface area contributed by atoms with Crippen molar-refractivity contribution in [1.29, 1.82) is 0 Å². The quantitative estimate of drug-likeness (QED) is 0.739. The third-order valence-electron chi connectivity index (χ3n) is 2.90. The van der Waals surface area contributed by atoms with Crippen LogP contribution in [0.5, 0.6) is 0 Å². The topological polar surface area (TPSA) is 37.8 Å². The zero-order valence-electron chi connectivity index (χ0n) is 12.0. The summed E-state index contributed by atoms with van der Waals surface area (Å²) in [5.74, 6) is 1.58. The van der Waals surface area contributed by atoms with Gasteiger partial charge in [-0.15, -0.1) is 0 Å². The molecule has 106 valence electrons. The smallest absolute Gasteiger partial charge is 0.161 e. The molecule has 2 rings (SSSR count). The molecule has 0 aliphatic rings. The molecule has 3 nitrogen and oxygen atoms in total. The first-order chi connectivity index (χ1) is 9.32. The van der Waals surface area contributed by atoms with Gasteiger partial charge in [0.15, 0.2) is 5.82 Å². The first-order valence-corrected chi connectivity index (χ1v) is 7.80. The van der Waals surface area contributed by atoms with Gasteiger partial charge in [-0.2, -0.15) is 0 Å². The molecule has 0 bridgehead atoms. The molecule has 0 fully saturated rings. The lowest BCUT2D eigenvalue weighted by Gasteiger charge is -2.21. The average molecular weight is 402 g/mol. The molecule has 2 aromatic rings. The molecule has 1 heterocycles. The van der Waals surface area contributed by atoms with Crippen molar-refractivity contribution in [2.24, 2.45) is 0 Å². The number of benzene rings is 1. The summed E-state index contributed by atoms with van der Waals surface area (Å²) in [4.78, 5) is 9.34. The first kappa shape index (κ1) is 15.5. The van der Waals surface area contributed by atoms with Crippen molar-refractivity contribution < 1.29 is 0 Å². The number of halogens is 2. The van der Waals surface area contributed by atoms with E-state index in [0.717, 1.165) is 26.5 Å². The second-order valence-electron chi connectivity index (χ2n) is 5.57. The highest BCUT2D eigenvalue weighted by molar-refractivity contribution is 14.1. The van der Waals surface area contributed by atoms with Gasteiger partial charge in [-0.25, -0.2) is 9.97 Å². The van der Waals surface area contributed by atoms with Crippen LogP contribution in [0.2, 0.25) is 5.02 Å². The van der Waals surface area contributed by atoms with Gasteiger partial charge in [-0.1, -0.05) is 32.4 Å². The Hall–Kier alpha value is -0.880. The van der Waals surface area contributed by atoms with Crippen LogP contribution in [0, 0.1) is 3.57 Å². The zero-order valence-corrected chi connectivity index (χ0v) is 14.9. The van der Waals surface area contributed by atoms with E-state index in [2.05, 4.69) is 53.7 Å². The van der Waals surface area contributed by atoms with Gasteiger partial charge in [0.1, 0.15) is 5.82 Å². The molecule has 0 amide bonds. The van der Waals surface area contributed by atoms with Gasteiger partial charge >= 0.3 is 0 Å². The van der Waals surface area contributed by atoms with E-state index in [1.54, 1.807) is 0 Å². The molecular formula is C15H17ClIN3. The maximum atomic E-state index is 5.93. The van der Waals surface area contributed by atoms with Crippen molar-refractivity contribution in [1.82, 2.24) is 9.97 Å². The standard InChI is InChI=1S/C15H17ClIN3/c1-15(2,3)12-11(17)14(18-4)20-13(19-12)9-5-7-10(16)8-6-9/h5-8H,1-4H3,(H,18,19,20). The Morgan fingerprint density at radius 2 is 1.70 bits per heavy atom. The Bertz CT molecular complexity index is 618. The number of hydrogen-bond donors (Lipinski definition) is 1. The molecule has 0 atom stereocenters. The van der Waals surface area contributed by atoms with Crippen LogP contribution in [0.25, 0.3) is 11.4 Å². The van der Waals surface area contributed by atoms with Crippen LogP contribution in [0.15, 0.2) is 24.3 Å². The van der Waals surface area contributed by atoms with Crippen molar-refractivity contribution in [2.75, 3.05) is 12.4 Å². The van der Waals surface area contributed by atoms with Gasteiger partial charge < -0.3 is 5.32 Å². The zero-order chi connectivity index (χ0) is 14.9. The fourth-order valence-electron chi connectivity index (χ4n) is 1.84. The fourth-order valence-corrected chi connectivity index (χ4v) is 3.28. The van der Waals surface area contributed by atoms with E-state index in [9.17, 15) is 0 Å². The summed E-state index contributed by atoms with van der Waals surface area (Å²) in [6, 6.07) is 7.59. The molecular weight excluding hydrogens is 385 g/mol. The van der Waals surface area contributed by atoms with Crippen molar-refractivity contribution >= 4 is 40.0 Å². The van der Waals surface area contributed by atoms with Gasteiger partial charge in [0, 0.05) is 23.0 Å². The Kier molecular flexibility index (Phi) is 4.54. The number of hydrogen-bond acceptors (Lipinski definition) is 3. The Morgan fingerprint density at radius 1 is 1.10 bits per heavy atom. The van der Waals surface area contributed by atoms with E-state index in [0.29, 0.717) is 5.02 Å². The molecule has 0 aliphatic carbocycles. The van der Waals surface area contributed by atoms with Crippen LogP contribution in [-0.2, 0) is 5.41 Å². The molecule has 1 N–H and O–H groups in total. The fraction of sp³-hybridized carbons (Fsp3) is 0.333. The van der Waals surface area contributed by atoms with Crippen LogP contribution in [0.4, 0.5) is 5.82 Å². The Morgan fingerprint density at radius 3 is 2.20 bits per heavy atom. The molecule has 1 aromatic carbocycles. The maximum Gasteiger partial charge on any atom is 0.161 e. The highest BCUT2D eigenvalue weighted by Gasteiger charge is 2.23. The first-order valence-electron chi connectivity index (χ1n) is 6.34. The number of nitrogens with one attached hydrogen (secondary N) is 1. The van der Waals surface area contributed by atoms with E-state index in [1.807, 2.05) is 31.3 Å². The Balaban J connectivity index is 2.63. The van der Waals surface area contributed by atoms with E-state index < -0.39 is 0 Å². The second-order valence-corrected chi connectivity index (χ2v) is 7.08. The monoisotopic (exact) mass is 401 g/mol. The molecule has 0 spiro atoms. The van der Waals surface area contributed by atoms with Crippen molar-refractivity contribution in [3.8, 4) is 11.4 Å². The molecule has 20 heavy (non-hydrogen) atoms. The minimum absolute atomic E-state index is 0.0355. The normalized spacial score (nSPS) is 11.5. The summed E-state index contributed by atoms with van der Waals surface area (Å²) in [7, 11) is 1.88. The summed E-state index contributed by atoms with van der Waals surface area (Å²) in [5.41, 5.74) is 1.97. The molecule has 0 unspecified atom stereocenters. The highest BCUT2D eigenvalue weighted by atomic mass is 127. The van der Waals surface area contributed by atoms with Gasteiger partial charge in [0.05, 0.1) is 9.26 Å². The van der Waals surface area contributed by atoms with Gasteiger partial charge in [-0.3, -0.25) is 0 Å². The number of aromatic nitrogens is 2. The molecule has 5 heteroatoms. The predicted octanol–water partition coefficient (Wildman–Crippen LogP) is 4.74. The molecule has 0 saturated carbocycles. The van der Waals surface area contributed by atoms with E-state index >= 15 is 0 Å². The number of nitrogens with zero attached hydrogens (tertiary/aromatic N) is 2. The lowest BCUT2D eigenvalue weighted by Crippen LogP contribution is -2.18. The number of anilines is 1. The predicted molar refractivity (Wildman–Crippen MR) is 93.4 cm³/mol. The largest absolute Gasteiger partial charge is 0.372 e. The summed E-state index contributed by atoms with van der Waals surface area (Å²) < 4.78 is 1.07. The average Bonchev–Trinajstić information content (AvgIpc) is 2.38. The lowest BCUT2D eigenvalue weighted by atomic mass is 9.91. The summed E-state index contributed by atoms with van der Waals surface area (Å²) >= 11 is 8.23. The van der Waals surface area contributed by atoms with E-state index in [-0.39, 0.29) is 5.41 Å². The van der Waals surface area contributed by atoms with Gasteiger partial charge in [-0.05, 0) is 46.9 Å². The van der Waals surface area contributed by atoms with Crippen LogP contribution >= 0.6 is 34.2 Å². The van der Waals surface area contributed by atoms with E-state index in [4.69, 9.17) is 16.6 Å². The second kappa shape index (κ2) is 5.85. The third-order valence-corrected chi connectivity index (χ3v) is 4.17. The van der Waals surface area contributed by atoms with Crippen LogP contribution in [-0.4, -0.2) is 17.0 Å². The third kappa shape index (κ3) is 3.23. The minimum Gasteiger partial charge on any atom is -0.372 e. The highest BCUT2D eigenvalue weighted by Crippen LogP contribution is 2.31. The van der Waals surface area contributed by atoms with Crippen molar-refractivity contribution in [2.45, 2.75) is 26.2 Å². The molecule has 0 saturated heterocycles. The van der Waals surface area contributed by atoms with Gasteiger partial charge in [0.2, 0.25) is 0 Å². The molecule has 0 radical (unpaired) electrons. The molecule has 0 aliphatic heterocycles. The molecule has 1 aromatic heterocycles. The van der Waals surface area contributed by atoms with Gasteiger partial charge in [0.25, 0.3) is 0 Å². The van der Waals surface area contributed by atoms with Crippen molar-refractivity contribution in [3.05, 3.63) is 38.6 Å². The van der Waals surface area contributed by atoms with Crippen LogP contribution < -0.4 is 5.32 Å². The SMILES string of the molecule is CNc1nc(-c2ccc(Cl)cc2)nc(C(C)(C)C)c1I. The Labute approximate surface area is 138 Å². The maximum absolute atomic E-state index is 5.93. The lowest BCUT2D eigenvalue weighted by molar-refractivity contribution is 0.564. The number of rotatable bonds is 2. The summed E-state index contributed by atoms with van der Waals surface area (Å²) in [6.45, 7) is 6.47.